The Bertz CT molecular complexity index is 922. The van der Waals surface area contributed by atoms with Crippen molar-refractivity contribution in [3.8, 4) is 0 Å². The number of sulfonamides is 1. The van der Waals surface area contributed by atoms with Crippen LogP contribution in [0.5, 0.6) is 0 Å². The van der Waals surface area contributed by atoms with E-state index in [0.717, 1.165) is 22.6 Å². The van der Waals surface area contributed by atoms with Gasteiger partial charge in [-0.15, -0.1) is 0 Å². The van der Waals surface area contributed by atoms with E-state index in [1.54, 1.807) is 9.21 Å². The van der Waals surface area contributed by atoms with Gasteiger partial charge in [0.15, 0.2) is 0 Å². The third-order valence-corrected chi connectivity index (χ3v) is 6.92. The Kier molecular flexibility index (Phi) is 5.67. The highest BCUT2D eigenvalue weighted by Gasteiger charge is 2.31. The normalized spacial score (nSPS) is 14.8. The second-order valence-corrected chi connectivity index (χ2v) is 8.92. The van der Waals surface area contributed by atoms with Gasteiger partial charge in [-0.05, 0) is 18.6 Å². The maximum Gasteiger partial charge on any atom is 0.224 e. The van der Waals surface area contributed by atoms with Crippen LogP contribution in [0.4, 0.5) is 5.69 Å². The lowest BCUT2D eigenvalue weighted by molar-refractivity contribution is -0.116. The number of aryl methyl sites for hydroxylation is 1. The van der Waals surface area contributed by atoms with E-state index in [1.165, 1.54) is 6.92 Å². The number of aromatic nitrogens is 2. The van der Waals surface area contributed by atoms with E-state index in [1.807, 2.05) is 49.0 Å². The van der Waals surface area contributed by atoms with Crippen LogP contribution in [-0.2, 0) is 41.4 Å². The summed E-state index contributed by atoms with van der Waals surface area (Å²) in [5, 5.41) is 4.60. The lowest BCUT2D eigenvalue weighted by atomic mass is 10.1. The van der Waals surface area contributed by atoms with Gasteiger partial charge in [0.2, 0.25) is 15.9 Å². The number of nitrogens with zero attached hydrogens (tertiary/aromatic N) is 4. The Hall–Kier alpha value is -2.19. The monoisotopic (exact) mass is 390 g/mol. The zero-order valence-corrected chi connectivity index (χ0v) is 16.9. The molecule has 1 amide bonds. The van der Waals surface area contributed by atoms with Crippen LogP contribution in [0, 0.1) is 0 Å². The lowest BCUT2D eigenvalue weighted by Crippen LogP contribution is -2.38. The van der Waals surface area contributed by atoms with Crippen molar-refractivity contribution in [3.63, 3.8) is 0 Å². The van der Waals surface area contributed by atoms with Crippen LogP contribution in [0.2, 0.25) is 0 Å². The summed E-state index contributed by atoms with van der Waals surface area (Å²) in [5.41, 5.74) is 3.52. The number of carbonyl (C=O) groups excluding carboxylic acids is 1. The third-order valence-electron chi connectivity index (χ3n) is 4.90. The molecule has 0 fully saturated rings. The number of para-hydroxylation sites is 1. The third kappa shape index (κ3) is 4.06. The zero-order valence-electron chi connectivity index (χ0n) is 16.1. The average Bonchev–Trinajstić information content (AvgIpc) is 2.95. The molecule has 3 rings (SSSR count). The van der Waals surface area contributed by atoms with Crippen molar-refractivity contribution in [1.29, 1.82) is 0 Å². The molecule has 8 heteroatoms. The molecule has 0 radical (unpaired) electrons. The van der Waals surface area contributed by atoms with Gasteiger partial charge in [-0.25, -0.2) is 8.42 Å². The van der Waals surface area contributed by atoms with Crippen LogP contribution in [0.25, 0.3) is 0 Å². The molecule has 0 atom stereocenters. The number of rotatable bonds is 6. The number of hydrogen-bond acceptors (Lipinski definition) is 4. The highest BCUT2D eigenvalue weighted by atomic mass is 32.2. The van der Waals surface area contributed by atoms with E-state index in [0.29, 0.717) is 32.5 Å². The molecule has 1 aliphatic heterocycles. The van der Waals surface area contributed by atoms with Gasteiger partial charge in [0.1, 0.15) is 0 Å². The Morgan fingerprint density at radius 2 is 1.96 bits per heavy atom. The van der Waals surface area contributed by atoms with Gasteiger partial charge < -0.3 is 4.90 Å². The second-order valence-electron chi connectivity index (χ2n) is 6.84. The quantitative estimate of drug-likeness (QED) is 0.757. The molecule has 2 aromatic rings. The van der Waals surface area contributed by atoms with Gasteiger partial charge in [0.05, 0.1) is 18.0 Å². The summed E-state index contributed by atoms with van der Waals surface area (Å²) in [7, 11) is -1.39. The van der Waals surface area contributed by atoms with E-state index in [4.69, 9.17) is 0 Å². The Labute approximate surface area is 160 Å². The lowest BCUT2D eigenvalue weighted by Gasteiger charge is -2.27. The van der Waals surface area contributed by atoms with E-state index in [-0.39, 0.29) is 11.7 Å². The van der Waals surface area contributed by atoms with Crippen LogP contribution in [0.1, 0.15) is 37.2 Å². The molecule has 0 saturated heterocycles. The maximum absolute atomic E-state index is 12.5. The predicted molar refractivity (Wildman–Crippen MR) is 105 cm³/mol. The van der Waals surface area contributed by atoms with Crippen LogP contribution in [0.15, 0.2) is 30.3 Å². The van der Waals surface area contributed by atoms with Gasteiger partial charge in [0, 0.05) is 50.4 Å². The molecule has 2 heterocycles. The molecule has 0 unspecified atom stereocenters. The Balaban J connectivity index is 1.91. The van der Waals surface area contributed by atoms with Crippen LogP contribution in [0.3, 0.4) is 0 Å². The molecule has 0 aliphatic carbocycles. The molecular formula is C19H26N4O3S. The van der Waals surface area contributed by atoms with Crippen molar-refractivity contribution in [2.24, 2.45) is 7.05 Å². The van der Waals surface area contributed by atoms with Crippen molar-refractivity contribution < 1.29 is 13.2 Å². The zero-order chi connectivity index (χ0) is 19.6. The molecule has 1 aromatic heterocycles. The van der Waals surface area contributed by atoms with Crippen molar-refractivity contribution in [2.75, 3.05) is 17.2 Å². The van der Waals surface area contributed by atoms with Crippen molar-refractivity contribution in [2.45, 2.75) is 39.8 Å². The maximum atomic E-state index is 12.5. The number of carbonyl (C=O) groups is 1. The molecule has 1 aromatic carbocycles. The molecule has 0 N–H and O–H groups in total. The van der Waals surface area contributed by atoms with Crippen molar-refractivity contribution >= 4 is 21.6 Å². The molecule has 0 spiro atoms. The molecular weight excluding hydrogens is 364 g/mol. The SMILES string of the molecule is CCCS(=O)(=O)N1CCc2c(c(CN(C(C)=O)c3ccccc3)nn2C)C1. The van der Waals surface area contributed by atoms with Gasteiger partial charge in [-0.1, -0.05) is 25.1 Å². The topological polar surface area (TPSA) is 75.5 Å². The van der Waals surface area contributed by atoms with Gasteiger partial charge in [-0.2, -0.15) is 9.40 Å². The number of fused-ring (bicyclic) bond motifs is 1. The summed E-state index contributed by atoms with van der Waals surface area (Å²) < 4.78 is 28.4. The summed E-state index contributed by atoms with van der Waals surface area (Å²) in [5.74, 6) is 0.0773. The van der Waals surface area contributed by atoms with E-state index in [2.05, 4.69) is 5.10 Å². The van der Waals surface area contributed by atoms with E-state index < -0.39 is 10.0 Å². The molecule has 7 nitrogen and oxygen atoms in total. The fraction of sp³-hybridized carbons (Fsp3) is 0.474. The highest BCUT2D eigenvalue weighted by molar-refractivity contribution is 7.89. The van der Waals surface area contributed by atoms with E-state index >= 15 is 0 Å². The summed E-state index contributed by atoms with van der Waals surface area (Å²) in [6.07, 6.45) is 1.23. The smallest absolute Gasteiger partial charge is 0.224 e. The molecule has 0 bridgehead atoms. The minimum absolute atomic E-state index is 0.0770. The minimum Gasteiger partial charge on any atom is -0.307 e. The number of benzene rings is 1. The molecule has 1 aliphatic rings. The second kappa shape index (κ2) is 7.82. The Morgan fingerprint density at radius 1 is 1.26 bits per heavy atom. The number of anilines is 1. The van der Waals surface area contributed by atoms with Crippen LogP contribution >= 0.6 is 0 Å². The summed E-state index contributed by atoms with van der Waals surface area (Å²) in [6, 6.07) is 9.45. The Morgan fingerprint density at radius 3 is 2.59 bits per heavy atom. The summed E-state index contributed by atoms with van der Waals surface area (Å²) in [6.45, 7) is 4.52. The number of hydrogen-bond donors (Lipinski definition) is 0. The highest BCUT2D eigenvalue weighted by Crippen LogP contribution is 2.26. The van der Waals surface area contributed by atoms with Crippen LogP contribution < -0.4 is 4.90 Å². The fourth-order valence-electron chi connectivity index (χ4n) is 3.54. The van der Waals surface area contributed by atoms with Gasteiger partial charge in [0.25, 0.3) is 0 Å². The minimum atomic E-state index is -3.26. The van der Waals surface area contributed by atoms with Gasteiger partial charge in [-0.3, -0.25) is 9.48 Å². The first kappa shape index (κ1) is 19.6. The average molecular weight is 391 g/mol. The van der Waals surface area contributed by atoms with Crippen LogP contribution in [-0.4, -0.2) is 40.7 Å². The van der Waals surface area contributed by atoms with Gasteiger partial charge >= 0.3 is 0 Å². The molecule has 146 valence electrons. The standard InChI is InChI=1S/C19H26N4O3S/c1-4-12-27(25,26)22-11-10-19-17(13-22)18(20-21(19)3)14-23(15(2)24)16-8-6-5-7-9-16/h5-9H,4,10-14H2,1-3H3. The largest absolute Gasteiger partial charge is 0.307 e. The first-order chi connectivity index (χ1) is 12.8. The van der Waals surface area contributed by atoms with Crippen molar-refractivity contribution in [1.82, 2.24) is 14.1 Å². The first-order valence-electron chi connectivity index (χ1n) is 9.18. The predicted octanol–water partition coefficient (Wildman–Crippen LogP) is 2.07. The van der Waals surface area contributed by atoms with Crippen molar-refractivity contribution in [3.05, 3.63) is 47.3 Å². The molecule has 27 heavy (non-hydrogen) atoms. The fourth-order valence-corrected chi connectivity index (χ4v) is 5.01. The molecule has 0 saturated carbocycles. The number of amides is 1. The first-order valence-corrected chi connectivity index (χ1v) is 10.8. The summed E-state index contributed by atoms with van der Waals surface area (Å²) >= 11 is 0. The van der Waals surface area contributed by atoms with E-state index in [9.17, 15) is 13.2 Å². The summed E-state index contributed by atoms with van der Waals surface area (Å²) in [4.78, 5) is 13.9.